The molecule has 1 aromatic heterocycles. The van der Waals surface area contributed by atoms with Crippen LogP contribution in [0.15, 0.2) is 54.9 Å². The Bertz CT molecular complexity index is 843. The van der Waals surface area contributed by atoms with E-state index in [1.165, 1.54) is 17.7 Å². The van der Waals surface area contributed by atoms with E-state index in [1.54, 1.807) is 23.1 Å². The highest BCUT2D eigenvalue weighted by Crippen LogP contribution is 2.11. The summed E-state index contributed by atoms with van der Waals surface area (Å²) < 4.78 is 14.6. The SMILES string of the molecule is CCc1ccc(NC(=S)Nc2ncn(Cc3ccc(F)cc3)n2)cc1. The zero-order valence-electron chi connectivity index (χ0n) is 13.7. The lowest BCUT2D eigenvalue weighted by Crippen LogP contribution is -2.20. The quantitative estimate of drug-likeness (QED) is 0.681. The maximum atomic E-state index is 12.9. The topological polar surface area (TPSA) is 54.8 Å². The Morgan fingerprint density at radius 2 is 1.72 bits per heavy atom. The van der Waals surface area contributed by atoms with E-state index in [9.17, 15) is 4.39 Å². The molecule has 0 spiro atoms. The molecule has 0 aliphatic carbocycles. The fourth-order valence-corrected chi connectivity index (χ4v) is 2.50. The molecule has 0 aliphatic heterocycles. The highest BCUT2D eigenvalue weighted by atomic mass is 32.1. The Kier molecular flexibility index (Phi) is 5.35. The van der Waals surface area contributed by atoms with Gasteiger partial charge in [-0.1, -0.05) is 31.2 Å². The van der Waals surface area contributed by atoms with E-state index in [1.807, 2.05) is 12.1 Å². The van der Waals surface area contributed by atoms with Crippen LogP contribution in [0.5, 0.6) is 0 Å². The minimum atomic E-state index is -0.256. The molecule has 0 fully saturated rings. The standard InChI is InChI=1S/C18H18FN5S/c1-2-13-5-9-16(10-6-13)21-18(25)22-17-20-12-24(23-17)11-14-3-7-15(19)8-4-14/h3-10,12H,2,11H2,1H3,(H2,21,22,23,25). The van der Waals surface area contributed by atoms with Crippen LogP contribution in [0.25, 0.3) is 0 Å². The van der Waals surface area contributed by atoms with Gasteiger partial charge in [0.25, 0.3) is 0 Å². The molecular formula is C18H18FN5S. The molecule has 3 aromatic rings. The van der Waals surface area contributed by atoms with E-state index >= 15 is 0 Å². The third kappa shape index (κ3) is 4.84. The van der Waals surface area contributed by atoms with Gasteiger partial charge in [-0.15, -0.1) is 5.10 Å². The normalized spacial score (nSPS) is 10.5. The van der Waals surface area contributed by atoms with Crippen molar-refractivity contribution < 1.29 is 4.39 Å². The summed E-state index contributed by atoms with van der Waals surface area (Å²) in [5.41, 5.74) is 3.11. The van der Waals surface area contributed by atoms with Gasteiger partial charge in [-0.25, -0.2) is 14.1 Å². The highest BCUT2D eigenvalue weighted by Gasteiger charge is 2.05. The summed E-state index contributed by atoms with van der Waals surface area (Å²) >= 11 is 5.28. The van der Waals surface area contributed by atoms with Gasteiger partial charge < -0.3 is 5.32 Å². The van der Waals surface area contributed by atoms with Gasteiger partial charge in [0.2, 0.25) is 5.95 Å². The zero-order valence-corrected chi connectivity index (χ0v) is 14.6. The van der Waals surface area contributed by atoms with E-state index in [-0.39, 0.29) is 5.82 Å². The number of aromatic nitrogens is 3. The number of hydrogen-bond donors (Lipinski definition) is 2. The van der Waals surface area contributed by atoms with Crippen molar-refractivity contribution in [2.24, 2.45) is 0 Å². The molecule has 2 N–H and O–H groups in total. The second kappa shape index (κ2) is 7.85. The average molecular weight is 355 g/mol. The van der Waals surface area contributed by atoms with Crippen LogP contribution in [0.1, 0.15) is 18.1 Å². The number of halogens is 1. The molecule has 128 valence electrons. The van der Waals surface area contributed by atoms with Crippen LogP contribution in [-0.2, 0) is 13.0 Å². The van der Waals surface area contributed by atoms with E-state index in [2.05, 4.69) is 39.8 Å². The highest BCUT2D eigenvalue weighted by molar-refractivity contribution is 7.80. The second-order valence-corrected chi connectivity index (χ2v) is 5.93. The fraction of sp³-hybridized carbons (Fsp3) is 0.167. The van der Waals surface area contributed by atoms with Gasteiger partial charge in [0, 0.05) is 5.69 Å². The molecule has 1 heterocycles. The predicted octanol–water partition coefficient (Wildman–Crippen LogP) is 3.84. The summed E-state index contributed by atoms with van der Waals surface area (Å²) in [6.45, 7) is 2.62. The molecule has 2 aromatic carbocycles. The van der Waals surface area contributed by atoms with Gasteiger partial charge in [-0.3, -0.25) is 5.32 Å². The monoisotopic (exact) mass is 355 g/mol. The van der Waals surface area contributed by atoms with Gasteiger partial charge in [0.15, 0.2) is 5.11 Å². The first kappa shape index (κ1) is 17.0. The minimum absolute atomic E-state index is 0.256. The van der Waals surface area contributed by atoms with Crippen LogP contribution in [-0.4, -0.2) is 19.9 Å². The Morgan fingerprint density at radius 1 is 1.04 bits per heavy atom. The number of anilines is 2. The molecule has 0 radical (unpaired) electrons. The first-order chi connectivity index (χ1) is 12.1. The minimum Gasteiger partial charge on any atom is -0.332 e. The third-order valence-electron chi connectivity index (χ3n) is 3.64. The van der Waals surface area contributed by atoms with Crippen molar-refractivity contribution in [1.29, 1.82) is 0 Å². The summed E-state index contributed by atoms with van der Waals surface area (Å²) in [6.07, 6.45) is 2.60. The van der Waals surface area contributed by atoms with Crippen LogP contribution in [0.4, 0.5) is 16.0 Å². The molecule has 5 nitrogen and oxygen atoms in total. The van der Waals surface area contributed by atoms with Gasteiger partial charge in [0.1, 0.15) is 12.1 Å². The molecule has 0 unspecified atom stereocenters. The number of nitrogens with zero attached hydrogens (tertiary/aromatic N) is 3. The molecule has 7 heteroatoms. The lowest BCUT2D eigenvalue weighted by Gasteiger charge is -2.08. The zero-order chi connectivity index (χ0) is 17.6. The Hall–Kier alpha value is -2.80. The Balaban J connectivity index is 1.56. The van der Waals surface area contributed by atoms with Crippen molar-refractivity contribution in [3.05, 3.63) is 71.8 Å². The molecule has 25 heavy (non-hydrogen) atoms. The second-order valence-electron chi connectivity index (χ2n) is 5.52. The van der Waals surface area contributed by atoms with Crippen molar-refractivity contribution in [3.8, 4) is 0 Å². The molecule has 0 saturated heterocycles. The molecule has 0 saturated carbocycles. The Morgan fingerprint density at radius 3 is 2.40 bits per heavy atom. The van der Waals surface area contributed by atoms with Gasteiger partial charge in [-0.2, -0.15) is 0 Å². The van der Waals surface area contributed by atoms with Crippen LogP contribution in [0.2, 0.25) is 0 Å². The predicted molar refractivity (Wildman–Crippen MR) is 101 cm³/mol. The summed E-state index contributed by atoms with van der Waals surface area (Å²) in [7, 11) is 0. The van der Waals surface area contributed by atoms with Gasteiger partial charge in [0.05, 0.1) is 6.54 Å². The largest absolute Gasteiger partial charge is 0.332 e. The van der Waals surface area contributed by atoms with E-state index < -0.39 is 0 Å². The number of rotatable bonds is 5. The van der Waals surface area contributed by atoms with Crippen molar-refractivity contribution >= 4 is 29.0 Å². The van der Waals surface area contributed by atoms with E-state index in [0.717, 1.165) is 17.7 Å². The lowest BCUT2D eigenvalue weighted by molar-refractivity contribution is 0.624. The Labute approximate surface area is 150 Å². The summed E-state index contributed by atoms with van der Waals surface area (Å²) in [6, 6.07) is 14.4. The number of thiocarbonyl (C=S) groups is 1. The fourth-order valence-electron chi connectivity index (χ4n) is 2.29. The molecule has 3 rings (SSSR count). The maximum absolute atomic E-state index is 12.9. The van der Waals surface area contributed by atoms with Crippen molar-refractivity contribution in [3.63, 3.8) is 0 Å². The average Bonchev–Trinajstić information content (AvgIpc) is 3.04. The lowest BCUT2D eigenvalue weighted by atomic mass is 10.1. The van der Waals surface area contributed by atoms with Crippen LogP contribution < -0.4 is 10.6 Å². The number of aryl methyl sites for hydroxylation is 1. The molecule has 0 amide bonds. The molecule has 0 atom stereocenters. The first-order valence-corrected chi connectivity index (χ1v) is 8.34. The smallest absolute Gasteiger partial charge is 0.248 e. The number of hydrogen-bond acceptors (Lipinski definition) is 3. The van der Waals surface area contributed by atoms with E-state index in [0.29, 0.717) is 17.6 Å². The molecule has 0 bridgehead atoms. The summed E-state index contributed by atoms with van der Waals surface area (Å²) in [5, 5.41) is 10.8. The van der Waals surface area contributed by atoms with Crippen molar-refractivity contribution in [2.45, 2.75) is 19.9 Å². The van der Waals surface area contributed by atoms with Crippen LogP contribution >= 0.6 is 12.2 Å². The molecule has 0 aliphatic rings. The number of nitrogens with one attached hydrogen (secondary N) is 2. The van der Waals surface area contributed by atoms with Crippen LogP contribution in [0.3, 0.4) is 0 Å². The summed E-state index contributed by atoms with van der Waals surface area (Å²) in [5.74, 6) is 0.151. The number of benzene rings is 2. The third-order valence-corrected chi connectivity index (χ3v) is 3.84. The molecular weight excluding hydrogens is 337 g/mol. The van der Waals surface area contributed by atoms with Crippen LogP contribution in [0, 0.1) is 5.82 Å². The first-order valence-electron chi connectivity index (χ1n) is 7.93. The van der Waals surface area contributed by atoms with Gasteiger partial charge in [-0.05, 0) is 54.0 Å². The van der Waals surface area contributed by atoms with Gasteiger partial charge >= 0.3 is 0 Å². The van der Waals surface area contributed by atoms with Crippen molar-refractivity contribution in [1.82, 2.24) is 14.8 Å². The van der Waals surface area contributed by atoms with E-state index in [4.69, 9.17) is 12.2 Å². The maximum Gasteiger partial charge on any atom is 0.248 e. The summed E-state index contributed by atoms with van der Waals surface area (Å²) in [4.78, 5) is 4.18. The van der Waals surface area contributed by atoms with Crippen molar-refractivity contribution in [2.75, 3.05) is 10.6 Å².